The Morgan fingerprint density at radius 1 is 0.848 bits per heavy atom. The van der Waals surface area contributed by atoms with Crippen LogP contribution >= 0.6 is 11.3 Å². The maximum Gasteiger partial charge on any atom is 0.246 e. The van der Waals surface area contributed by atoms with Gasteiger partial charge in [-0.1, -0.05) is 76.4 Å². The van der Waals surface area contributed by atoms with E-state index < -0.39 is 35.2 Å². The quantitative estimate of drug-likeness (QED) is 0.0516. The van der Waals surface area contributed by atoms with Crippen molar-refractivity contribution in [3.05, 3.63) is 107 Å². The number of likely N-dealkylation sites (tertiary alicyclic amines) is 2. The van der Waals surface area contributed by atoms with Crippen LogP contribution in [0.5, 0.6) is 0 Å². The molecule has 0 bridgehead atoms. The molecule has 3 saturated heterocycles. The molecule has 4 amide bonds. The highest BCUT2D eigenvalue weighted by Crippen LogP contribution is 2.33. The number of hydrogen-bond acceptors (Lipinski definition) is 13. The van der Waals surface area contributed by atoms with Crippen molar-refractivity contribution in [3.63, 3.8) is 0 Å². The molecule has 17 nitrogen and oxygen atoms in total. The van der Waals surface area contributed by atoms with Crippen LogP contribution in [0, 0.1) is 24.0 Å². The van der Waals surface area contributed by atoms with Crippen molar-refractivity contribution < 1.29 is 37.8 Å². The van der Waals surface area contributed by atoms with Crippen LogP contribution in [0.4, 0.5) is 8.78 Å². The van der Waals surface area contributed by atoms with E-state index in [-0.39, 0.29) is 67.7 Å². The molecule has 0 radical (unpaired) electrons. The van der Waals surface area contributed by atoms with Gasteiger partial charge in [-0.25, -0.2) is 18.7 Å². The number of hydrogen-bond donors (Lipinski definition) is 4. The van der Waals surface area contributed by atoms with Crippen molar-refractivity contribution in [2.24, 2.45) is 5.41 Å². The van der Waals surface area contributed by atoms with Crippen molar-refractivity contribution in [2.75, 3.05) is 59.0 Å². The lowest BCUT2D eigenvalue weighted by Gasteiger charge is -2.35. The molecule has 0 spiro atoms. The van der Waals surface area contributed by atoms with Crippen LogP contribution < -0.4 is 16.0 Å². The molecule has 6 heterocycles. The number of benzene rings is 3. The number of thiazole rings is 1. The van der Waals surface area contributed by atoms with Gasteiger partial charge in [0.15, 0.2) is 0 Å². The van der Waals surface area contributed by atoms with Gasteiger partial charge in [0.1, 0.15) is 23.7 Å². The number of morpholine rings is 1. The number of aryl methyl sites for hydroxylation is 1. The fourth-order valence-electron chi connectivity index (χ4n) is 10.8. The van der Waals surface area contributed by atoms with Gasteiger partial charge in [0.05, 0.1) is 77.1 Å². The lowest BCUT2D eigenvalue weighted by Crippen LogP contribution is -2.57. The second-order valence-corrected chi connectivity index (χ2v) is 23.1. The van der Waals surface area contributed by atoms with Gasteiger partial charge in [-0.05, 0) is 72.9 Å². The Balaban J connectivity index is 0.660. The zero-order valence-electron chi connectivity index (χ0n) is 45.7. The summed E-state index contributed by atoms with van der Waals surface area (Å²) in [6, 6.07) is 14.5. The van der Waals surface area contributed by atoms with E-state index in [1.807, 2.05) is 85.4 Å². The lowest BCUT2D eigenvalue weighted by molar-refractivity contribution is -0.144. The number of piperidine rings is 1. The molecule has 3 aliphatic heterocycles. The van der Waals surface area contributed by atoms with Crippen LogP contribution in [0.2, 0.25) is 0 Å². The van der Waals surface area contributed by atoms with Gasteiger partial charge in [0.25, 0.3) is 0 Å². The summed E-state index contributed by atoms with van der Waals surface area (Å²) in [6.45, 7) is 12.8. The lowest BCUT2D eigenvalue weighted by atomic mass is 9.85. The predicted octanol–water partition coefficient (Wildman–Crippen LogP) is 7.61. The van der Waals surface area contributed by atoms with Crippen molar-refractivity contribution in [1.82, 2.24) is 55.4 Å². The highest BCUT2D eigenvalue weighted by Gasteiger charge is 2.44. The Morgan fingerprint density at radius 3 is 2.30 bits per heavy atom. The second kappa shape index (κ2) is 26.1. The van der Waals surface area contributed by atoms with Crippen molar-refractivity contribution >= 4 is 46.0 Å². The van der Waals surface area contributed by atoms with E-state index in [0.29, 0.717) is 73.7 Å². The Bertz CT molecular complexity index is 3050. The maximum atomic E-state index is 15.5. The van der Waals surface area contributed by atoms with Gasteiger partial charge in [0, 0.05) is 88.1 Å². The van der Waals surface area contributed by atoms with Crippen LogP contribution in [0.25, 0.3) is 43.9 Å². The van der Waals surface area contributed by atoms with E-state index in [0.717, 1.165) is 78.9 Å². The number of aliphatic hydroxyl groups excluding tert-OH is 1. The second-order valence-electron chi connectivity index (χ2n) is 22.3. The molecular weight excluding hydrogens is 1030 g/mol. The van der Waals surface area contributed by atoms with Gasteiger partial charge in [-0.3, -0.25) is 38.6 Å². The first kappa shape index (κ1) is 57.1. The Hall–Kier alpha value is -6.58. The zero-order valence-corrected chi connectivity index (χ0v) is 46.5. The third-order valence-electron chi connectivity index (χ3n) is 15.3. The monoisotopic (exact) mass is 1100 g/mol. The van der Waals surface area contributed by atoms with E-state index in [2.05, 4.69) is 35.9 Å². The van der Waals surface area contributed by atoms with Gasteiger partial charge in [-0.2, -0.15) is 5.10 Å². The minimum Gasteiger partial charge on any atom is -0.391 e. The number of aliphatic hydroxyl groups is 1. The molecule has 3 aliphatic rings. The molecule has 3 aromatic heterocycles. The summed E-state index contributed by atoms with van der Waals surface area (Å²) < 4.78 is 38.3. The van der Waals surface area contributed by atoms with E-state index in [1.165, 1.54) is 17.0 Å². The molecule has 0 saturated carbocycles. The van der Waals surface area contributed by atoms with Gasteiger partial charge < -0.3 is 30.7 Å². The summed E-state index contributed by atoms with van der Waals surface area (Å²) in [7, 11) is 0. The number of para-hydroxylation sites is 1. The number of nitrogens with one attached hydrogen (secondary N) is 3. The smallest absolute Gasteiger partial charge is 0.246 e. The number of carbonyl (C=O) groups excluding carboxylic acids is 4. The number of amides is 4. The molecular formula is C59H73F2N11O6S. The molecule has 3 aromatic carbocycles. The molecule has 4 N–H and O–H groups in total. The highest BCUT2D eigenvalue weighted by atomic mass is 32.1. The number of rotatable bonds is 21. The molecule has 0 aliphatic carbocycles. The molecule has 3 atom stereocenters. The van der Waals surface area contributed by atoms with Crippen LogP contribution in [-0.4, -0.2) is 145 Å². The number of carbonyl (C=O) groups is 4. The molecule has 0 unspecified atom stereocenters. The van der Waals surface area contributed by atoms with Gasteiger partial charge in [-0.15, -0.1) is 11.3 Å². The standard InChI is InChI=1S/C59H73F2N11O6S/c1-38-55(79-37-65-38)40-16-14-39(15-17-40)30-64-57(76)51-29-44(73)34-71(51)58(77)56(59(2,3)4)68-52(74)13-8-6-5-7-9-20-62-53(75)36-69-21-18-43(19-22-69)72-33-42(31-66-72)50-32-63-49-12-10-11-45(54(49)67-50)41-27-47(60)46(48(61)28-41)35-70-23-25-78-26-24-70/h10-12,14-17,27-28,31-33,37,43-44,51,56,73H,5-9,13,18-26,29-30,34-36H2,1-4H3,(H,62,75)(H,64,76)(H,68,74)/t44-,51+,56-/m1/s1. The Labute approximate surface area is 464 Å². The minimum absolute atomic E-state index is 0.0108. The molecule has 9 rings (SSSR count). The fraction of sp³-hybridized carbons (Fsp3) is 0.492. The third-order valence-corrected chi connectivity index (χ3v) is 16.3. The third kappa shape index (κ3) is 14.6. The molecule has 420 valence electrons. The number of fused-ring (bicyclic) bond motifs is 1. The fourth-order valence-corrected chi connectivity index (χ4v) is 11.6. The topological polar surface area (TPSA) is 200 Å². The first-order valence-corrected chi connectivity index (χ1v) is 28.6. The van der Waals surface area contributed by atoms with E-state index in [4.69, 9.17) is 9.72 Å². The SMILES string of the molecule is Cc1ncsc1-c1ccc(CNC(=O)[C@@H]2C[C@@H](O)CN2C(=O)[C@@H](NC(=O)CCCCCCCNC(=O)CN2CCC(n3cc(-c4cnc5cccc(-c6cc(F)c(CN7CCOCC7)c(F)c6)c5n4)cn3)CC2)C(C)(C)C)cc1. The first-order valence-electron chi connectivity index (χ1n) is 27.7. The summed E-state index contributed by atoms with van der Waals surface area (Å²) in [6.07, 6.45) is 10.7. The molecule has 6 aromatic rings. The number of ether oxygens (including phenoxy) is 1. The van der Waals surface area contributed by atoms with Crippen molar-refractivity contribution in [2.45, 2.75) is 123 Å². The van der Waals surface area contributed by atoms with E-state index >= 15 is 8.78 Å². The maximum absolute atomic E-state index is 15.5. The zero-order chi connectivity index (χ0) is 55.6. The van der Waals surface area contributed by atoms with Crippen molar-refractivity contribution in [3.8, 4) is 32.8 Å². The Morgan fingerprint density at radius 2 is 1.58 bits per heavy atom. The summed E-state index contributed by atoms with van der Waals surface area (Å²) in [5, 5.41) is 24.3. The van der Waals surface area contributed by atoms with Crippen LogP contribution in [0.1, 0.15) is 101 Å². The van der Waals surface area contributed by atoms with E-state index in [9.17, 15) is 24.3 Å². The molecule has 3 fully saturated rings. The van der Waals surface area contributed by atoms with Crippen LogP contribution in [0.3, 0.4) is 0 Å². The molecule has 79 heavy (non-hydrogen) atoms. The number of unbranched alkanes of at least 4 members (excludes halogenated alkanes) is 4. The van der Waals surface area contributed by atoms with Crippen LogP contribution in [0.15, 0.2) is 78.7 Å². The average Bonchev–Trinajstić information content (AvgIpc) is 4.36. The Kier molecular flexibility index (Phi) is 18.9. The van der Waals surface area contributed by atoms with Gasteiger partial charge >= 0.3 is 0 Å². The highest BCUT2D eigenvalue weighted by molar-refractivity contribution is 7.13. The van der Waals surface area contributed by atoms with Crippen molar-refractivity contribution in [1.29, 1.82) is 0 Å². The summed E-state index contributed by atoms with van der Waals surface area (Å²) in [5.41, 5.74) is 7.64. The predicted molar refractivity (Wildman–Crippen MR) is 299 cm³/mol. The largest absolute Gasteiger partial charge is 0.391 e. The normalized spacial score (nSPS) is 18.0. The van der Waals surface area contributed by atoms with Gasteiger partial charge in [0.2, 0.25) is 23.6 Å². The number of β-amino-alcohol motifs (C(OH)–C–C–N with tert-alkyl or cyclic N) is 1. The first-order chi connectivity index (χ1) is 38.1. The number of aromatic nitrogens is 5. The van der Waals surface area contributed by atoms with E-state index in [1.54, 1.807) is 29.8 Å². The summed E-state index contributed by atoms with van der Waals surface area (Å²) in [5.74, 6) is -2.18. The van der Waals surface area contributed by atoms with Crippen LogP contribution in [-0.2, 0) is 37.0 Å². The number of halogens is 2. The number of nitrogens with zero attached hydrogens (tertiary/aromatic N) is 8. The summed E-state index contributed by atoms with van der Waals surface area (Å²) in [4.78, 5) is 74.3. The average molecular weight is 1100 g/mol. The molecule has 20 heteroatoms. The minimum atomic E-state index is -0.885. The summed E-state index contributed by atoms with van der Waals surface area (Å²) >= 11 is 1.58.